The third kappa shape index (κ3) is 1.97. The quantitative estimate of drug-likeness (QED) is 0.654. The SMILES string of the molecule is Cc1cc(-c2cccc3cccc(C)c23)ccc1O. The van der Waals surface area contributed by atoms with E-state index in [2.05, 4.69) is 43.3 Å². The van der Waals surface area contributed by atoms with Crippen LogP contribution in [-0.4, -0.2) is 5.11 Å². The van der Waals surface area contributed by atoms with Gasteiger partial charge in [0.2, 0.25) is 0 Å². The number of aromatic hydroxyl groups is 1. The summed E-state index contributed by atoms with van der Waals surface area (Å²) in [5.74, 6) is 0.348. The van der Waals surface area contributed by atoms with Gasteiger partial charge in [-0.2, -0.15) is 0 Å². The van der Waals surface area contributed by atoms with Crippen molar-refractivity contribution in [3.8, 4) is 16.9 Å². The summed E-state index contributed by atoms with van der Waals surface area (Å²) in [6, 6.07) is 18.5. The van der Waals surface area contributed by atoms with E-state index in [0.717, 1.165) is 11.1 Å². The van der Waals surface area contributed by atoms with E-state index in [9.17, 15) is 5.11 Å². The molecule has 1 N–H and O–H groups in total. The normalized spacial score (nSPS) is 10.8. The van der Waals surface area contributed by atoms with Gasteiger partial charge in [-0.15, -0.1) is 0 Å². The fraction of sp³-hybridized carbons (Fsp3) is 0.111. The van der Waals surface area contributed by atoms with E-state index in [-0.39, 0.29) is 0 Å². The molecule has 0 aliphatic rings. The average molecular weight is 248 g/mol. The van der Waals surface area contributed by atoms with Crippen LogP contribution in [0, 0.1) is 13.8 Å². The maximum atomic E-state index is 9.66. The molecule has 0 aliphatic heterocycles. The number of benzene rings is 3. The lowest BCUT2D eigenvalue weighted by atomic mass is 9.94. The van der Waals surface area contributed by atoms with Crippen LogP contribution in [0.2, 0.25) is 0 Å². The Labute approximate surface area is 113 Å². The molecule has 0 spiro atoms. The molecule has 0 amide bonds. The van der Waals surface area contributed by atoms with Gasteiger partial charge in [0.15, 0.2) is 0 Å². The smallest absolute Gasteiger partial charge is 0.118 e. The average Bonchev–Trinajstić information content (AvgIpc) is 2.42. The van der Waals surface area contributed by atoms with E-state index < -0.39 is 0 Å². The van der Waals surface area contributed by atoms with Crippen molar-refractivity contribution in [3.63, 3.8) is 0 Å². The first-order valence-electron chi connectivity index (χ1n) is 6.45. The topological polar surface area (TPSA) is 20.2 Å². The number of rotatable bonds is 1. The number of hydrogen-bond donors (Lipinski definition) is 1. The Balaban J connectivity index is 2.33. The van der Waals surface area contributed by atoms with Crippen LogP contribution in [0.3, 0.4) is 0 Å². The van der Waals surface area contributed by atoms with Crippen LogP contribution >= 0.6 is 0 Å². The minimum absolute atomic E-state index is 0.348. The lowest BCUT2D eigenvalue weighted by Gasteiger charge is -2.10. The molecule has 1 nitrogen and oxygen atoms in total. The first kappa shape index (κ1) is 11.8. The van der Waals surface area contributed by atoms with Crippen molar-refractivity contribution in [3.05, 3.63) is 65.7 Å². The summed E-state index contributed by atoms with van der Waals surface area (Å²) in [6.45, 7) is 4.07. The largest absolute Gasteiger partial charge is 0.508 e. The van der Waals surface area contributed by atoms with E-state index in [1.807, 2.05) is 19.1 Å². The molecule has 0 heterocycles. The molecule has 3 aromatic rings. The van der Waals surface area contributed by atoms with Crippen molar-refractivity contribution in [1.29, 1.82) is 0 Å². The molecule has 0 saturated carbocycles. The van der Waals surface area contributed by atoms with Gasteiger partial charge in [0, 0.05) is 0 Å². The van der Waals surface area contributed by atoms with Crippen LogP contribution in [0.5, 0.6) is 5.75 Å². The molecule has 0 unspecified atom stereocenters. The van der Waals surface area contributed by atoms with Crippen LogP contribution in [0.15, 0.2) is 54.6 Å². The molecule has 3 aromatic carbocycles. The molecule has 1 heteroatoms. The monoisotopic (exact) mass is 248 g/mol. The number of aryl methyl sites for hydroxylation is 2. The Morgan fingerprint density at radius 1 is 0.789 bits per heavy atom. The fourth-order valence-corrected chi connectivity index (χ4v) is 2.59. The zero-order valence-corrected chi connectivity index (χ0v) is 11.1. The molecule has 0 bridgehead atoms. The molecule has 0 saturated heterocycles. The molecular formula is C18H16O. The van der Waals surface area contributed by atoms with Crippen LogP contribution in [0.25, 0.3) is 21.9 Å². The van der Waals surface area contributed by atoms with Crippen LogP contribution < -0.4 is 0 Å². The Bertz CT molecular complexity index is 751. The highest BCUT2D eigenvalue weighted by Crippen LogP contribution is 2.32. The lowest BCUT2D eigenvalue weighted by Crippen LogP contribution is -1.85. The molecule has 0 aliphatic carbocycles. The van der Waals surface area contributed by atoms with Gasteiger partial charge < -0.3 is 5.11 Å². The summed E-state index contributed by atoms with van der Waals surface area (Å²) in [7, 11) is 0. The van der Waals surface area contributed by atoms with Crippen molar-refractivity contribution < 1.29 is 5.11 Å². The third-order valence-electron chi connectivity index (χ3n) is 3.62. The number of phenols is 1. The Hall–Kier alpha value is -2.28. The highest BCUT2D eigenvalue weighted by atomic mass is 16.3. The first-order valence-corrected chi connectivity index (χ1v) is 6.45. The van der Waals surface area contributed by atoms with Gasteiger partial charge >= 0.3 is 0 Å². The van der Waals surface area contributed by atoms with Crippen molar-refractivity contribution in [2.75, 3.05) is 0 Å². The van der Waals surface area contributed by atoms with E-state index in [4.69, 9.17) is 0 Å². The standard InChI is InChI=1S/C18H16O/c1-12-5-3-6-14-7-4-8-16(18(12)14)15-9-10-17(19)13(2)11-15/h3-11,19H,1-2H3. The van der Waals surface area contributed by atoms with E-state index in [1.54, 1.807) is 6.07 Å². The number of hydrogen-bond acceptors (Lipinski definition) is 1. The molecule has 0 fully saturated rings. The predicted octanol–water partition coefficient (Wildman–Crippen LogP) is 4.83. The number of fused-ring (bicyclic) bond motifs is 1. The number of phenolic OH excluding ortho intramolecular Hbond substituents is 1. The van der Waals surface area contributed by atoms with Crippen LogP contribution in [0.1, 0.15) is 11.1 Å². The summed E-state index contributed by atoms with van der Waals surface area (Å²) in [5, 5.41) is 12.2. The molecule has 0 aromatic heterocycles. The summed E-state index contributed by atoms with van der Waals surface area (Å²) >= 11 is 0. The van der Waals surface area contributed by atoms with Crippen molar-refractivity contribution >= 4 is 10.8 Å². The van der Waals surface area contributed by atoms with Gasteiger partial charge in [0.25, 0.3) is 0 Å². The lowest BCUT2D eigenvalue weighted by molar-refractivity contribution is 0.471. The van der Waals surface area contributed by atoms with Crippen molar-refractivity contribution in [1.82, 2.24) is 0 Å². The summed E-state index contributed by atoms with van der Waals surface area (Å²) in [6.07, 6.45) is 0. The second-order valence-electron chi connectivity index (χ2n) is 4.98. The molecule has 0 radical (unpaired) electrons. The van der Waals surface area contributed by atoms with Crippen molar-refractivity contribution in [2.24, 2.45) is 0 Å². The Morgan fingerprint density at radius 3 is 2.26 bits per heavy atom. The predicted molar refractivity (Wildman–Crippen MR) is 80.5 cm³/mol. The Kier molecular flexibility index (Phi) is 2.75. The van der Waals surface area contributed by atoms with Gasteiger partial charge in [-0.25, -0.2) is 0 Å². The minimum atomic E-state index is 0.348. The van der Waals surface area contributed by atoms with Gasteiger partial charge in [-0.3, -0.25) is 0 Å². The second-order valence-corrected chi connectivity index (χ2v) is 4.98. The summed E-state index contributed by atoms with van der Waals surface area (Å²) in [4.78, 5) is 0. The molecule has 0 atom stereocenters. The van der Waals surface area contributed by atoms with Gasteiger partial charge in [-0.1, -0.05) is 42.5 Å². The Morgan fingerprint density at radius 2 is 1.53 bits per heavy atom. The third-order valence-corrected chi connectivity index (χ3v) is 3.62. The zero-order chi connectivity index (χ0) is 13.4. The van der Waals surface area contributed by atoms with E-state index in [1.165, 1.54) is 21.9 Å². The van der Waals surface area contributed by atoms with E-state index in [0.29, 0.717) is 5.75 Å². The first-order chi connectivity index (χ1) is 9.16. The van der Waals surface area contributed by atoms with Crippen molar-refractivity contribution in [2.45, 2.75) is 13.8 Å². The second kappa shape index (κ2) is 4.43. The highest BCUT2D eigenvalue weighted by molar-refractivity contribution is 5.99. The minimum Gasteiger partial charge on any atom is -0.508 e. The van der Waals surface area contributed by atoms with Crippen LogP contribution in [0.4, 0.5) is 0 Å². The molecule has 3 rings (SSSR count). The fourth-order valence-electron chi connectivity index (χ4n) is 2.59. The summed E-state index contributed by atoms with van der Waals surface area (Å²) < 4.78 is 0. The molecule has 19 heavy (non-hydrogen) atoms. The molecule has 94 valence electrons. The maximum absolute atomic E-state index is 9.66. The zero-order valence-electron chi connectivity index (χ0n) is 11.1. The maximum Gasteiger partial charge on any atom is 0.118 e. The van der Waals surface area contributed by atoms with Gasteiger partial charge in [-0.05, 0) is 59.0 Å². The van der Waals surface area contributed by atoms with Gasteiger partial charge in [0.1, 0.15) is 5.75 Å². The summed E-state index contributed by atoms with van der Waals surface area (Å²) in [5.41, 5.74) is 4.55. The highest BCUT2D eigenvalue weighted by Gasteiger charge is 2.07. The van der Waals surface area contributed by atoms with E-state index >= 15 is 0 Å². The van der Waals surface area contributed by atoms with Crippen LogP contribution in [-0.2, 0) is 0 Å². The molecular weight excluding hydrogens is 232 g/mol. The van der Waals surface area contributed by atoms with Gasteiger partial charge in [0.05, 0.1) is 0 Å².